The first-order valence-corrected chi connectivity index (χ1v) is 9.07. The number of benzene rings is 1. The van der Waals surface area contributed by atoms with Gasteiger partial charge in [0.15, 0.2) is 5.96 Å². The molecule has 1 saturated heterocycles. The third kappa shape index (κ3) is 4.21. The van der Waals surface area contributed by atoms with E-state index in [1.165, 1.54) is 16.7 Å². The zero-order chi connectivity index (χ0) is 17.8. The van der Waals surface area contributed by atoms with Gasteiger partial charge in [-0.05, 0) is 30.4 Å². The van der Waals surface area contributed by atoms with E-state index in [2.05, 4.69) is 64.6 Å². The highest BCUT2D eigenvalue weighted by Gasteiger charge is 2.27. The molecule has 0 radical (unpaired) electrons. The van der Waals surface area contributed by atoms with Gasteiger partial charge in [-0.25, -0.2) is 0 Å². The first-order valence-electron chi connectivity index (χ1n) is 9.07. The van der Waals surface area contributed by atoms with Crippen molar-refractivity contribution in [2.45, 2.75) is 32.1 Å². The molecule has 5 heteroatoms. The number of aliphatic imine (C=N–C) groups is 1. The van der Waals surface area contributed by atoms with Crippen LogP contribution in [-0.2, 0) is 7.05 Å². The number of rotatable bonds is 4. The fourth-order valence-corrected chi connectivity index (χ4v) is 3.55. The Balaban J connectivity index is 1.56. The molecule has 1 aromatic carbocycles. The highest BCUT2D eigenvalue weighted by atomic mass is 15.3. The largest absolute Gasteiger partial charge is 0.356 e. The van der Waals surface area contributed by atoms with Crippen LogP contribution in [-0.4, -0.2) is 47.3 Å². The Morgan fingerprint density at radius 1 is 1.44 bits per heavy atom. The zero-order valence-electron chi connectivity index (χ0n) is 15.7. The Hall–Kier alpha value is -2.30. The highest BCUT2D eigenvalue weighted by molar-refractivity contribution is 5.80. The van der Waals surface area contributed by atoms with E-state index >= 15 is 0 Å². The maximum absolute atomic E-state index is 4.50. The minimum absolute atomic E-state index is 0.452. The molecule has 2 atom stereocenters. The summed E-state index contributed by atoms with van der Waals surface area (Å²) in [5.41, 5.74) is 4.01. The van der Waals surface area contributed by atoms with E-state index in [9.17, 15) is 0 Å². The minimum Gasteiger partial charge on any atom is -0.356 e. The molecule has 2 heterocycles. The lowest BCUT2D eigenvalue weighted by Gasteiger charge is -2.23. The Kier molecular flexibility index (Phi) is 5.41. The Morgan fingerprint density at radius 3 is 2.96 bits per heavy atom. The first kappa shape index (κ1) is 17.5. The second-order valence-electron chi connectivity index (χ2n) is 7.12. The molecule has 1 aliphatic heterocycles. The monoisotopic (exact) mass is 339 g/mol. The van der Waals surface area contributed by atoms with Crippen molar-refractivity contribution in [1.82, 2.24) is 20.0 Å². The average molecular weight is 339 g/mol. The Labute approximate surface area is 150 Å². The van der Waals surface area contributed by atoms with Gasteiger partial charge in [-0.1, -0.05) is 36.8 Å². The number of nitrogens with zero attached hydrogens (tertiary/aromatic N) is 4. The molecule has 2 aromatic rings. The van der Waals surface area contributed by atoms with Gasteiger partial charge in [-0.15, -0.1) is 0 Å². The molecule has 0 spiro atoms. The predicted molar refractivity (Wildman–Crippen MR) is 103 cm³/mol. The highest BCUT2D eigenvalue weighted by Crippen LogP contribution is 2.26. The topological polar surface area (TPSA) is 45.5 Å². The predicted octanol–water partition coefficient (Wildman–Crippen LogP) is 2.90. The van der Waals surface area contributed by atoms with Crippen molar-refractivity contribution in [3.63, 3.8) is 0 Å². The Morgan fingerprint density at radius 2 is 2.28 bits per heavy atom. The van der Waals surface area contributed by atoms with Gasteiger partial charge in [0.25, 0.3) is 0 Å². The molecule has 0 bridgehead atoms. The van der Waals surface area contributed by atoms with Crippen LogP contribution in [0.2, 0.25) is 0 Å². The van der Waals surface area contributed by atoms with Gasteiger partial charge in [0.05, 0.1) is 6.20 Å². The van der Waals surface area contributed by atoms with Gasteiger partial charge >= 0.3 is 0 Å². The van der Waals surface area contributed by atoms with Crippen LogP contribution >= 0.6 is 0 Å². The van der Waals surface area contributed by atoms with Gasteiger partial charge in [-0.2, -0.15) is 5.10 Å². The molecule has 0 amide bonds. The third-order valence-corrected chi connectivity index (χ3v) is 5.07. The van der Waals surface area contributed by atoms with E-state index in [0.29, 0.717) is 11.8 Å². The number of hydrogen-bond acceptors (Lipinski definition) is 2. The summed E-state index contributed by atoms with van der Waals surface area (Å²) in [7, 11) is 3.85. The molecule has 25 heavy (non-hydrogen) atoms. The van der Waals surface area contributed by atoms with Crippen molar-refractivity contribution in [1.29, 1.82) is 0 Å². The molecule has 0 aliphatic carbocycles. The molecule has 0 saturated carbocycles. The fraction of sp³-hybridized carbons (Fsp3) is 0.500. The van der Waals surface area contributed by atoms with E-state index < -0.39 is 0 Å². The molecule has 1 aliphatic rings. The summed E-state index contributed by atoms with van der Waals surface area (Å²) in [6, 6.07) is 8.75. The number of likely N-dealkylation sites (tertiary alicyclic amines) is 1. The molecule has 1 aromatic heterocycles. The normalized spacial score (nSPS) is 19.3. The third-order valence-electron chi connectivity index (χ3n) is 5.07. The molecular formula is C20H29N5. The number of aromatic nitrogens is 2. The summed E-state index contributed by atoms with van der Waals surface area (Å²) in [6.45, 7) is 7.34. The van der Waals surface area contributed by atoms with E-state index in [4.69, 9.17) is 0 Å². The standard InChI is InChI=1S/C20H29N5/c1-15-6-5-7-17(10-15)16(2)11-22-20(21-3)25-9-8-18(14-25)19-12-23-24(4)13-19/h5-7,10,12-13,16,18H,8-9,11,14H2,1-4H3,(H,21,22). The second-order valence-corrected chi connectivity index (χ2v) is 7.12. The lowest BCUT2D eigenvalue weighted by molar-refractivity contribution is 0.482. The van der Waals surface area contributed by atoms with E-state index in [1.807, 2.05) is 25.0 Å². The van der Waals surface area contributed by atoms with Gasteiger partial charge < -0.3 is 10.2 Å². The number of nitrogens with one attached hydrogen (secondary N) is 1. The summed E-state index contributed by atoms with van der Waals surface area (Å²) in [5, 5.41) is 7.87. The lowest BCUT2D eigenvalue weighted by Crippen LogP contribution is -2.41. The molecule has 1 fully saturated rings. The van der Waals surface area contributed by atoms with Crippen LogP contribution in [0.4, 0.5) is 0 Å². The number of aryl methyl sites for hydroxylation is 2. The van der Waals surface area contributed by atoms with Crippen LogP contribution in [0.5, 0.6) is 0 Å². The first-order chi connectivity index (χ1) is 12.1. The quantitative estimate of drug-likeness (QED) is 0.688. The maximum atomic E-state index is 4.50. The van der Waals surface area contributed by atoms with Crippen molar-refractivity contribution >= 4 is 5.96 Å². The van der Waals surface area contributed by atoms with Gasteiger partial charge in [0, 0.05) is 45.8 Å². The van der Waals surface area contributed by atoms with Crippen LogP contribution in [0.25, 0.3) is 0 Å². The SMILES string of the molecule is CN=C(NCC(C)c1cccc(C)c1)N1CCC(c2cnn(C)c2)C1. The molecule has 2 unspecified atom stereocenters. The summed E-state index contributed by atoms with van der Waals surface area (Å²) in [4.78, 5) is 6.86. The lowest BCUT2D eigenvalue weighted by atomic mass is 9.99. The molecule has 5 nitrogen and oxygen atoms in total. The summed E-state index contributed by atoms with van der Waals surface area (Å²) in [5.74, 6) is 2.00. The van der Waals surface area contributed by atoms with E-state index in [1.54, 1.807) is 0 Å². The molecule has 134 valence electrons. The summed E-state index contributed by atoms with van der Waals surface area (Å²) >= 11 is 0. The van der Waals surface area contributed by atoms with Crippen molar-refractivity contribution < 1.29 is 0 Å². The van der Waals surface area contributed by atoms with Crippen LogP contribution in [0, 0.1) is 6.92 Å². The van der Waals surface area contributed by atoms with E-state index in [-0.39, 0.29) is 0 Å². The van der Waals surface area contributed by atoms with Gasteiger partial charge in [0.1, 0.15) is 0 Å². The average Bonchev–Trinajstić information content (AvgIpc) is 3.24. The van der Waals surface area contributed by atoms with Crippen LogP contribution < -0.4 is 5.32 Å². The maximum Gasteiger partial charge on any atom is 0.193 e. The van der Waals surface area contributed by atoms with Gasteiger partial charge in [-0.3, -0.25) is 9.67 Å². The van der Waals surface area contributed by atoms with Crippen molar-refractivity contribution in [2.24, 2.45) is 12.0 Å². The van der Waals surface area contributed by atoms with Gasteiger partial charge in [0.2, 0.25) is 0 Å². The van der Waals surface area contributed by atoms with E-state index in [0.717, 1.165) is 32.0 Å². The summed E-state index contributed by atoms with van der Waals surface area (Å²) < 4.78 is 1.88. The molecular weight excluding hydrogens is 310 g/mol. The zero-order valence-corrected chi connectivity index (χ0v) is 15.7. The summed E-state index contributed by atoms with van der Waals surface area (Å²) in [6.07, 6.45) is 5.27. The minimum atomic E-state index is 0.452. The van der Waals surface area contributed by atoms with Crippen LogP contribution in [0.1, 0.15) is 41.9 Å². The molecule has 1 N–H and O–H groups in total. The van der Waals surface area contributed by atoms with Crippen molar-refractivity contribution in [3.05, 3.63) is 53.3 Å². The molecule has 3 rings (SSSR count). The van der Waals surface area contributed by atoms with Crippen molar-refractivity contribution in [3.8, 4) is 0 Å². The van der Waals surface area contributed by atoms with Crippen LogP contribution in [0.3, 0.4) is 0 Å². The van der Waals surface area contributed by atoms with Crippen LogP contribution in [0.15, 0.2) is 41.7 Å². The Bertz CT molecular complexity index is 733. The second kappa shape index (κ2) is 7.72. The number of guanidine groups is 1. The number of hydrogen-bond donors (Lipinski definition) is 1. The smallest absolute Gasteiger partial charge is 0.193 e. The fourth-order valence-electron chi connectivity index (χ4n) is 3.55. The van der Waals surface area contributed by atoms with Crippen molar-refractivity contribution in [2.75, 3.05) is 26.7 Å².